The summed E-state index contributed by atoms with van der Waals surface area (Å²) in [6, 6.07) is 0.206. The number of ether oxygens (including phenoxy) is 3. The lowest BCUT2D eigenvalue weighted by Gasteiger charge is -2.25. The number of unbranched alkanes of at least 4 members (excludes halogenated alkanes) is 10. The van der Waals surface area contributed by atoms with E-state index in [0.29, 0.717) is 18.8 Å². The van der Waals surface area contributed by atoms with Crippen LogP contribution in [0.2, 0.25) is 0 Å². The maximum Gasteiger partial charge on any atom is 0.343 e. The Morgan fingerprint density at radius 2 is 1.29 bits per heavy atom. The molecule has 0 radical (unpaired) electrons. The van der Waals surface area contributed by atoms with E-state index in [1.807, 2.05) is 6.08 Å². The van der Waals surface area contributed by atoms with Gasteiger partial charge in [0.1, 0.15) is 17.1 Å². The number of carbonyl (C=O) groups excluding carboxylic acids is 2. The van der Waals surface area contributed by atoms with Gasteiger partial charge in [0.25, 0.3) is 0 Å². The number of benzene rings is 3. The molecule has 3 aromatic carbocycles. The molecule has 0 N–H and O–H groups in total. The van der Waals surface area contributed by atoms with Gasteiger partial charge in [-0.05, 0) is 106 Å². The van der Waals surface area contributed by atoms with Gasteiger partial charge in [0.15, 0.2) is 0 Å². The summed E-state index contributed by atoms with van der Waals surface area (Å²) < 4.78 is 85.5. The van der Waals surface area contributed by atoms with Crippen molar-refractivity contribution in [2.45, 2.75) is 110 Å². The minimum atomic E-state index is -1.04. The monoisotopic (exact) mass is 620 g/mol. The van der Waals surface area contributed by atoms with Crippen molar-refractivity contribution in [2.75, 3.05) is 6.61 Å². The van der Waals surface area contributed by atoms with Crippen LogP contribution in [0.1, 0.15) is 136 Å². The van der Waals surface area contributed by atoms with Crippen LogP contribution in [0, 0.1) is 0 Å². The number of hydrogen-bond acceptors (Lipinski definition) is 5. The first-order valence-electron chi connectivity index (χ1n) is 20.2. The summed E-state index contributed by atoms with van der Waals surface area (Å²) >= 11 is 0. The van der Waals surface area contributed by atoms with Crippen LogP contribution >= 0.6 is 0 Å². The van der Waals surface area contributed by atoms with Crippen molar-refractivity contribution in [3.05, 3.63) is 96.4 Å². The molecule has 0 aliphatic heterocycles. The van der Waals surface area contributed by atoms with Crippen molar-refractivity contribution >= 4 is 11.9 Å². The molecule has 0 heterocycles. The van der Waals surface area contributed by atoms with Crippen molar-refractivity contribution in [2.24, 2.45) is 0 Å². The zero-order chi connectivity index (χ0) is 39.3. The van der Waals surface area contributed by atoms with Gasteiger partial charge in [-0.25, -0.2) is 9.59 Å². The zero-order valence-electron chi connectivity index (χ0n) is 35.0. The summed E-state index contributed by atoms with van der Waals surface area (Å²) in [6.45, 7) is 9.78. The SMILES string of the molecule is [2H]c1c([2H])c(-c2c([2H])c([2H])c(C(=O)OC(C)(C)CCCCCC)c([2H])c2[2H])c([2H])c([2H])c1OC(=O)c1ccc(OCCCCCCCCCC=C)cc1. The molecule has 5 nitrogen and oxygen atoms in total. The summed E-state index contributed by atoms with van der Waals surface area (Å²) in [6.07, 6.45) is 15.3. The quantitative estimate of drug-likeness (QED) is 0.0513. The van der Waals surface area contributed by atoms with E-state index in [-0.39, 0.29) is 5.56 Å². The van der Waals surface area contributed by atoms with E-state index in [1.165, 1.54) is 37.8 Å². The molecule has 0 aliphatic carbocycles. The van der Waals surface area contributed by atoms with E-state index in [1.54, 1.807) is 26.0 Å². The molecule has 0 atom stereocenters. The Bertz CT molecular complexity index is 1680. The van der Waals surface area contributed by atoms with E-state index >= 15 is 0 Å². The van der Waals surface area contributed by atoms with Crippen molar-refractivity contribution < 1.29 is 34.8 Å². The minimum Gasteiger partial charge on any atom is -0.494 e. The molecule has 0 aromatic heterocycles. The molecule has 0 spiro atoms. The van der Waals surface area contributed by atoms with Gasteiger partial charge in [-0.1, -0.05) is 88.5 Å². The van der Waals surface area contributed by atoms with Crippen LogP contribution in [-0.2, 0) is 4.74 Å². The average molecular weight is 621 g/mol. The van der Waals surface area contributed by atoms with E-state index < -0.39 is 88.3 Å². The minimum absolute atomic E-state index is 0.0842. The van der Waals surface area contributed by atoms with E-state index in [9.17, 15) is 9.59 Å². The van der Waals surface area contributed by atoms with Gasteiger partial charge < -0.3 is 14.2 Å². The van der Waals surface area contributed by atoms with Crippen molar-refractivity contribution in [1.29, 1.82) is 0 Å². The van der Waals surface area contributed by atoms with E-state index in [0.717, 1.165) is 51.4 Å². The largest absolute Gasteiger partial charge is 0.494 e. The van der Waals surface area contributed by atoms with Crippen LogP contribution in [0.25, 0.3) is 11.1 Å². The standard InChI is InChI=1S/C40H52O5/c1-5-7-9-11-12-13-14-15-17-31-43-36-26-24-34(25-27-36)38(41)44-37-28-22-33(23-29-37)32-18-20-35(21-19-32)39(42)45-40(3,4)30-16-10-8-6-2/h5,18-29H,1,6-17,30-31H2,2-4H3/i18D,19D,20D,21D,22D,23D,28D,29D. The normalized spacial score (nSPS) is 13.7. The van der Waals surface area contributed by atoms with Crippen LogP contribution in [0.4, 0.5) is 0 Å². The number of hydrogen-bond donors (Lipinski definition) is 0. The molecule has 3 aromatic rings. The Hall–Kier alpha value is -3.86. The summed E-state index contributed by atoms with van der Waals surface area (Å²) in [5, 5.41) is 0. The second-order valence-electron chi connectivity index (χ2n) is 11.7. The Morgan fingerprint density at radius 3 is 1.91 bits per heavy atom. The summed E-state index contributed by atoms with van der Waals surface area (Å²) in [7, 11) is 0. The smallest absolute Gasteiger partial charge is 0.343 e. The van der Waals surface area contributed by atoms with Crippen LogP contribution in [0.3, 0.4) is 0 Å². The molecule has 0 amide bonds. The number of allylic oxidation sites excluding steroid dienone is 1. The molecule has 45 heavy (non-hydrogen) atoms. The van der Waals surface area contributed by atoms with Crippen molar-refractivity contribution in [3.8, 4) is 22.6 Å². The Morgan fingerprint density at radius 1 is 0.711 bits per heavy atom. The van der Waals surface area contributed by atoms with Gasteiger partial charge in [-0.3, -0.25) is 0 Å². The first-order valence-corrected chi connectivity index (χ1v) is 16.2. The summed E-state index contributed by atoms with van der Waals surface area (Å²) in [5.74, 6) is -2.07. The Balaban J connectivity index is 1.75. The predicted molar refractivity (Wildman–Crippen MR) is 184 cm³/mol. The molecular formula is C40H52O5. The van der Waals surface area contributed by atoms with Crippen molar-refractivity contribution in [1.82, 2.24) is 0 Å². The fourth-order valence-corrected chi connectivity index (χ4v) is 4.65. The Labute approximate surface area is 282 Å². The lowest BCUT2D eigenvalue weighted by Crippen LogP contribution is -2.28. The van der Waals surface area contributed by atoms with Gasteiger partial charge in [-0.15, -0.1) is 6.58 Å². The lowest BCUT2D eigenvalue weighted by atomic mass is 9.99. The van der Waals surface area contributed by atoms with Gasteiger partial charge >= 0.3 is 11.9 Å². The summed E-state index contributed by atoms with van der Waals surface area (Å²) in [4.78, 5) is 26.2. The summed E-state index contributed by atoms with van der Waals surface area (Å²) in [5.41, 5.74) is -2.49. The van der Waals surface area contributed by atoms with Crippen molar-refractivity contribution in [3.63, 3.8) is 0 Å². The number of carbonyl (C=O) groups is 2. The highest BCUT2D eigenvalue weighted by Gasteiger charge is 2.23. The molecule has 0 fully saturated rings. The fraction of sp³-hybridized carbons (Fsp3) is 0.450. The molecule has 0 bridgehead atoms. The lowest BCUT2D eigenvalue weighted by molar-refractivity contribution is -0.00551. The van der Waals surface area contributed by atoms with Crippen LogP contribution in [0.15, 0.2) is 85.3 Å². The second kappa shape index (κ2) is 19.5. The first-order chi connectivity index (χ1) is 25.2. The maximum absolute atomic E-state index is 13.2. The molecule has 0 aliphatic rings. The fourth-order valence-electron chi connectivity index (χ4n) is 4.65. The highest BCUT2D eigenvalue weighted by Crippen LogP contribution is 2.26. The third-order valence-corrected chi connectivity index (χ3v) is 7.29. The molecule has 0 unspecified atom stereocenters. The predicted octanol–water partition coefficient (Wildman–Crippen LogP) is 11.2. The highest BCUT2D eigenvalue weighted by atomic mass is 16.6. The number of rotatable bonds is 21. The molecule has 242 valence electrons. The second-order valence-corrected chi connectivity index (χ2v) is 11.7. The number of esters is 2. The topological polar surface area (TPSA) is 61.8 Å². The molecule has 3 rings (SSSR count). The van der Waals surface area contributed by atoms with Crippen LogP contribution in [0.5, 0.6) is 11.5 Å². The highest BCUT2D eigenvalue weighted by molar-refractivity contribution is 5.91. The molecular weight excluding hydrogens is 560 g/mol. The van der Waals surface area contributed by atoms with Gasteiger partial charge in [0.2, 0.25) is 0 Å². The van der Waals surface area contributed by atoms with Crippen LogP contribution < -0.4 is 9.47 Å². The Kier molecular flexibility index (Phi) is 11.0. The molecule has 0 saturated carbocycles. The first kappa shape index (κ1) is 25.3. The third-order valence-electron chi connectivity index (χ3n) is 7.29. The van der Waals surface area contributed by atoms with E-state index in [2.05, 4.69) is 13.5 Å². The third kappa shape index (κ3) is 13.3. The molecule has 0 saturated heterocycles. The average Bonchev–Trinajstić information content (AvgIpc) is 3.12. The van der Waals surface area contributed by atoms with Gasteiger partial charge in [0, 0.05) is 0 Å². The molecule has 5 heteroatoms. The maximum atomic E-state index is 13.2. The zero-order valence-corrected chi connectivity index (χ0v) is 27.0. The van der Waals surface area contributed by atoms with Crippen LogP contribution in [-0.4, -0.2) is 24.1 Å². The van der Waals surface area contributed by atoms with Gasteiger partial charge in [-0.2, -0.15) is 0 Å². The van der Waals surface area contributed by atoms with E-state index in [4.69, 9.17) is 25.2 Å². The van der Waals surface area contributed by atoms with Gasteiger partial charge in [0.05, 0.1) is 28.7 Å².